The molecule has 27 heavy (non-hydrogen) atoms. The maximum atomic E-state index is 11.5. The number of hydrogen-bond donors (Lipinski definition) is 2. The summed E-state index contributed by atoms with van der Waals surface area (Å²) >= 11 is 0. The highest BCUT2D eigenvalue weighted by Gasteiger charge is 2.24. The van der Waals surface area contributed by atoms with Gasteiger partial charge in [0.15, 0.2) is 0 Å². The summed E-state index contributed by atoms with van der Waals surface area (Å²) in [7, 11) is -2.24. The quantitative estimate of drug-likeness (QED) is 0.492. The fourth-order valence-corrected chi connectivity index (χ4v) is 3.25. The Hall–Kier alpha value is -3.24. The average molecular weight is 387 g/mol. The Morgan fingerprint density at radius 1 is 1.22 bits per heavy atom. The van der Waals surface area contributed by atoms with Gasteiger partial charge in [0.1, 0.15) is 17.6 Å². The molecule has 3 aromatic rings. The van der Waals surface area contributed by atoms with Gasteiger partial charge in [0.25, 0.3) is 5.69 Å². The number of sulfonamides is 1. The summed E-state index contributed by atoms with van der Waals surface area (Å²) in [5, 5.41) is 19.7. The minimum atomic E-state index is -4.05. The first-order valence-corrected chi connectivity index (χ1v) is 9.42. The number of anilines is 1. The number of benzene rings is 2. The lowest BCUT2D eigenvalue weighted by atomic mass is 10.1. The number of imidazole rings is 1. The van der Waals surface area contributed by atoms with Crippen molar-refractivity contribution in [1.82, 2.24) is 9.55 Å². The van der Waals surface area contributed by atoms with Crippen molar-refractivity contribution in [2.24, 2.45) is 12.2 Å². The van der Waals surface area contributed by atoms with Crippen LogP contribution in [0.4, 0.5) is 11.4 Å². The number of nitrogens with zero attached hydrogens (tertiary/aromatic N) is 3. The Kier molecular flexibility index (Phi) is 4.93. The number of nitro groups is 1. The summed E-state index contributed by atoms with van der Waals surface area (Å²) in [5.74, 6) is 0.644. The van der Waals surface area contributed by atoms with Crippen molar-refractivity contribution >= 4 is 21.4 Å². The van der Waals surface area contributed by atoms with Gasteiger partial charge in [-0.25, -0.2) is 18.5 Å². The monoisotopic (exact) mass is 387 g/mol. The molecule has 3 rings (SSSR count). The molecule has 0 aliphatic carbocycles. The van der Waals surface area contributed by atoms with Crippen LogP contribution in [-0.2, 0) is 17.1 Å². The van der Waals surface area contributed by atoms with Crippen molar-refractivity contribution in [1.29, 1.82) is 0 Å². The molecule has 2 aromatic carbocycles. The van der Waals surface area contributed by atoms with Crippen molar-refractivity contribution in [2.45, 2.75) is 10.9 Å². The molecular weight excluding hydrogens is 370 g/mol. The summed E-state index contributed by atoms with van der Waals surface area (Å²) in [6.07, 6.45) is 3.40. The van der Waals surface area contributed by atoms with Crippen LogP contribution < -0.4 is 10.5 Å². The van der Waals surface area contributed by atoms with Gasteiger partial charge in [-0.05, 0) is 17.7 Å². The van der Waals surface area contributed by atoms with Gasteiger partial charge < -0.3 is 9.88 Å². The normalized spacial score (nSPS) is 12.5. The molecule has 1 aromatic heterocycles. The standard InChI is InChI=1S/C17H17N5O4S/c1-21-10-9-19-17(21)16(12-5-3-2-4-6-12)20-14-8-7-13(27(18,25)26)11-15(14)22(23)24/h2-11,16,20H,1H3,(H2,18,25,26)/t16-/m0/s1. The zero-order valence-corrected chi connectivity index (χ0v) is 15.1. The van der Waals surface area contributed by atoms with Crippen LogP contribution in [0.2, 0.25) is 0 Å². The van der Waals surface area contributed by atoms with Gasteiger partial charge in [-0.1, -0.05) is 30.3 Å². The number of rotatable bonds is 6. The van der Waals surface area contributed by atoms with Gasteiger partial charge in [0.2, 0.25) is 10.0 Å². The largest absolute Gasteiger partial charge is 0.366 e. The maximum absolute atomic E-state index is 11.5. The minimum absolute atomic E-state index is 0.157. The Bertz CT molecular complexity index is 1080. The van der Waals surface area contributed by atoms with Crippen LogP contribution in [0.25, 0.3) is 0 Å². The van der Waals surface area contributed by atoms with Gasteiger partial charge in [0, 0.05) is 25.5 Å². The molecule has 0 fully saturated rings. The lowest BCUT2D eigenvalue weighted by molar-refractivity contribution is -0.384. The predicted molar refractivity (Wildman–Crippen MR) is 99.6 cm³/mol. The topological polar surface area (TPSA) is 133 Å². The van der Waals surface area contributed by atoms with Crippen LogP contribution >= 0.6 is 0 Å². The van der Waals surface area contributed by atoms with Crippen LogP contribution in [0.5, 0.6) is 0 Å². The molecule has 3 N–H and O–H groups in total. The van der Waals surface area contributed by atoms with E-state index in [0.717, 1.165) is 11.6 Å². The third-order valence-corrected chi connectivity index (χ3v) is 4.95. The van der Waals surface area contributed by atoms with E-state index in [9.17, 15) is 18.5 Å². The molecule has 9 nitrogen and oxygen atoms in total. The van der Waals surface area contributed by atoms with E-state index >= 15 is 0 Å². The first kappa shape index (κ1) is 18.5. The SMILES string of the molecule is Cn1ccnc1[C@@H](Nc1ccc(S(N)(=O)=O)cc1[N+](=O)[O-])c1ccccc1. The zero-order chi connectivity index (χ0) is 19.6. The van der Waals surface area contributed by atoms with Crippen LogP contribution in [0.15, 0.2) is 65.8 Å². The molecule has 0 bridgehead atoms. The highest BCUT2D eigenvalue weighted by molar-refractivity contribution is 7.89. The second-order valence-electron chi connectivity index (χ2n) is 5.87. The van der Waals surface area contributed by atoms with E-state index < -0.39 is 26.7 Å². The van der Waals surface area contributed by atoms with Crippen molar-refractivity contribution in [3.63, 3.8) is 0 Å². The highest BCUT2D eigenvalue weighted by Crippen LogP contribution is 2.32. The molecule has 0 spiro atoms. The zero-order valence-electron chi connectivity index (χ0n) is 14.3. The van der Waals surface area contributed by atoms with Crippen molar-refractivity contribution in [3.05, 3.63) is 82.4 Å². The number of primary sulfonamides is 1. The van der Waals surface area contributed by atoms with Gasteiger partial charge in [-0.3, -0.25) is 10.1 Å². The molecule has 0 aliphatic heterocycles. The molecule has 1 atom stereocenters. The second kappa shape index (κ2) is 7.17. The van der Waals surface area contributed by atoms with Gasteiger partial charge in [-0.2, -0.15) is 0 Å². The fourth-order valence-electron chi connectivity index (χ4n) is 2.71. The third kappa shape index (κ3) is 3.96. The summed E-state index contributed by atoms with van der Waals surface area (Å²) in [6.45, 7) is 0. The van der Waals surface area contributed by atoms with E-state index in [1.807, 2.05) is 37.4 Å². The van der Waals surface area contributed by atoms with E-state index in [0.29, 0.717) is 5.82 Å². The minimum Gasteiger partial charge on any atom is -0.366 e. The molecule has 1 heterocycles. The fraction of sp³-hybridized carbons (Fsp3) is 0.118. The molecule has 10 heteroatoms. The summed E-state index contributed by atoms with van der Waals surface area (Å²) in [4.78, 5) is 14.8. The third-order valence-electron chi connectivity index (χ3n) is 4.04. The van der Waals surface area contributed by atoms with E-state index in [1.54, 1.807) is 17.0 Å². The van der Waals surface area contributed by atoms with E-state index in [-0.39, 0.29) is 10.6 Å². The van der Waals surface area contributed by atoms with E-state index in [1.165, 1.54) is 12.1 Å². The van der Waals surface area contributed by atoms with Gasteiger partial charge >= 0.3 is 0 Å². The number of aryl methyl sites for hydroxylation is 1. The van der Waals surface area contributed by atoms with Gasteiger partial charge in [0.05, 0.1) is 9.82 Å². The Morgan fingerprint density at radius 2 is 1.93 bits per heavy atom. The predicted octanol–water partition coefficient (Wildman–Crippen LogP) is 2.18. The maximum Gasteiger partial charge on any atom is 0.293 e. The lowest BCUT2D eigenvalue weighted by Gasteiger charge is -2.20. The molecule has 0 saturated heterocycles. The summed E-state index contributed by atoms with van der Waals surface area (Å²) in [6, 6.07) is 12.3. The smallest absolute Gasteiger partial charge is 0.293 e. The summed E-state index contributed by atoms with van der Waals surface area (Å²) < 4.78 is 24.8. The van der Waals surface area contributed by atoms with Crippen LogP contribution in [0, 0.1) is 10.1 Å². The van der Waals surface area contributed by atoms with Crippen molar-refractivity contribution in [2.75, 3.05) is 5.32 Å². The van der Waals surface area contributed by atoms with E-state index in [4.69, 9.17) is 5.14 Å². The van der Waals surface area contributed by atoms with Crippen molar-refractivity contribution < 1.29 is 13.3 Å². The first-order chi connectivity index (χ1) is 12.8. The molecule has 140 valence electrons. The number of nitro benzene ring substituents is 1. The van der Waals surface area contributed by atoms with Crippen molar-refractivity contribution in [3.8, 4) is 0 Å². The van der Waals surface area contributed by atoms with Crippen LogP contribution in [-0.4, -0.2) is 22.9 Å². The Morgan fingerprint density at radius 3 is 2.48 bits per heavy atom. The molecule has 0 saturated carbocycles. The summed E-state index contributed by atoms with van der Waals surface area (Å²) in [5.41, 5.74) is 0.609. The Labute approximate surface area is 155 Å². The van der Waals surface area contributed by atoms with Crippen LogP contribution in [0.1, 0.15) is 17.4 Å². The average Bonchev–Trinajstić information content (AvgIpc) is 3.05. The highest BCUT2D eigenvalue weighted by atomic mass is 32.2. The van der Waals surface area contributed by atoms with E-state index in [2.05, 4.69) is 10.3 Å². The molecule has 0 unspecified atom stereocenters. The molecule has 0 aliphatic rings. The second-order valence-corrected chi connectivity index (χ2v) is 7.43. The lowest BCUT2D eigenvalue weighted by Crippen LogP contribution is -2.18. The first-order valence-electron chi connectivity index (χ1n) is 7.87. The number of nitrogens with one attached hydrogen (secondary N) is 1. The molecule has 0 radical (unpaired) electrons. The number of aromatic nitrogens is 2. The van der Waals surface area contributed by atoms with Gasteiger partial charge in [-0.15, -0.1) is 0 Å². The molecule has 0 amide bonds. The number of nitrogens with two attached hydrogens (primary N) is 1. The Balaban J connectivity index is 2.09. The number of hydrogen-bond acceptors (Lipinski definition) is 6. The molecular formula is C17H17N5O4S. The van der Waals surface area contributed by atoms with Crippen LogP contribution in [0.3, 0.4) is 0 Å².